The van der Waals surface area contributed by atoms with Crippen molar-refractivity contribution in [3.63, 3.8) is 0 Å². The number of carboxylic acids is 1. The molecule has 4 amide bonds. The number of hydrogen-bond acceptors (Lipinski definition) is 4. The van der Waals surface area contributed by atoms with Crippen LogP contribution in [0.3, 0.4) is 0 Å². The second kappa shape index (κ2) is 7.69. The summed E-state index contributed by atoms with van der Waals surface area (Å²) in [6.45, 7) is 0.443. The summed E-state index contributed by atoms with van der Waals surface area (Å²) in [4.78, 5) is 48.4. The highest BCUT2D eigenvalue weighted by Crippen LogP contribution is 2.22. The zero-order chi connectivity index (χ0) is 19.4. The van der Waals surface area contributed by atoms with Gasteiger partial charge >= 0.3 is 12.0 Å². The van der Waals surface area contributed by atoms with Gasteiger partial charge in [0.1, 0.15) is 0 Å². The van der Waals surface area contributed by atoms with Crippen LogP contribution in [-0.4, -0.2) is 46.9 Å². The molecule has 1 aliphatic rings. The first-order chi connectivity index (χ1) is 13.0. The van der Waals surface area contributed by atoms with E-state index in [0.29, 0.717) is 23.2 Å². The first-order valence-electron chi connectivity index (χ1n) is 8.31. The number of nitrogens with zero attached hydrogens (tertiary/aromatic N) is 1. The quantitative estimate of drug-likeness (QED) is 0.535. The minimum Gasteiger partial charge on any atom is -0.478 e. The topological polar surface area (TPSA) is 116 Å². The fourth-order valence-electron chi connectivity index (χ4n) is 2.79. The van der Waals surface area contributed by atoms with Crippen molar-refractivity contribution in [1.82, 2.24) is 10.2 Å². The molecule has 0 bridgehead atoms. The van der Waals surface area contributed by atoms with Crippen LogP contribution in [0.15, 0.2) is 48.5 Å². The maximum atomic E-state index is 12.2. The van der Waals surface area contributed by atoms with E-state index in [1.165, 1.54) is 23.1 Å². The van der Waals surface area contributed by atoms with Crippen LogP contribution in [0, 0.1) is 0 Å². The van der Waals surface area contributed by atoms with Crippen LogP contribution >= 0.6 is 0 Å². The van der Waals surface area contributed by atoms with Crippen LogP contribution in [0.4, 0.5) is 10.5 Å². The predicted octanol–water partition coefficient (Wildman–Crippen LogP) is 2.19. The Morgan fingerprint density at radius 1 is 0.963 bits per heavy atom. The van der Waals surface area contributed by atoms with Gasteiger partial charge in [0.2, 0.25) is 0 Å². The largest absolute Gasteiger partial charge is 0.478 e. The number of carbonyl (C=O) groups excluding carboxylic acids is 3. The molecular weight excluding hydrogens is 350 g/mol. The summed E-state index contributed by atoms with van der Waals surface area (Å²) in [5, 5.41) is 14.1. The zero-order valence-electron chi connectivity index (χ0n) is 14.3. The van der Waals surface area contributed by atoms with E-state index in [1.54, 1.807) is 30.3 Å². The molecule has 1 heterocycles. The molecular formula is C19H17N3O5. The normalized spacial score (nSPS) is 12.7. The minimum absolute atomic E-state index is 0.0680. The van der Waals surface area contributed by atoms with Crippen LogP contribution in [0.2, 0.25) is 0 Å². The highest BCUT2D eigenvalue weighted by Gasteiger charge is 2.34. The number of urea groups is 1. The van der Waals surface area contributed by atoms with Crippen molar-refractivity contribution in [2.24, 2.45) is 0 Å². The van der Waals surface area contributed by atoms with Gasteiger partial charge in [0.05, 0.1) is 16.7 Å². The number of fused-ring (bicyclic) bond motifs is 1. The number of carbonyl (C=O) groups is 4. The first-order valence-corrected chi connectivity index (χ1v) is 8.31. The SMILES string of the molecule is O=C(NCCCN1C(=O)c2ccccc2C1=O)Nc1cccc(C(=O)O)c1. The van der Waals surface area contributed by atoms with Gasteiger partial charge in [0, 0.05) is 18.8 Å². The Morgan fingerprint density at radius 2 is 1.63 bits per heavy atom. The summed E-state index contributed by atoms with van der Waals surface area (Å²) in [6, 6.07) is 12.0. The molecule has 0 aliphatic carbocycles. The molecule has 0 saturated carbocycles. The summed E-state index contributed by atoms with van der Waals surface area (Å²) >= 11 is 0. The smallest absolute Gasteiger partial charge is 0.335 e. The number of carboxylic acid groups (broad SMARTS) is 1. The zero-order valence-corrected chi connectivity index (χ0v) is 14.3. The van der Waals surface area contributed by atoms with Gasteiger partial charge in [0.25, 0.3) is 11.8 Å². The summed E-state index contributed by atoms with van der Waals surface area (Å²) < 4.78 is 0. The predicted molar refractivity (Wildman–Crippen MR) is 96.8 cm³/mol. The molecule has 0 radical (unpaired) electrons. The number of amides is 4. The van der Waals surface area contributed by atoms with E-state index >= 15 is 0 Å². The van der Waals surface area contributed by atoms with Crippen molar-refractivity contribution in [2.75, 3.05) is 18.4 Å². The fraction of sp³-hybridized carbons (Fsp3) is 0.158. The standard InChI is InChI=1S/C19H17N3O5/c23-16-14-7-1-2-8-15(14)17(24)22(16)10-4-9-20-19(27)21-13-6-3-5-12(11-13)18(25)26/h1-3,5-8,11H,4,9-10H2,(H,25,26)(H2,20,21,27). The molecule has 0 atom stereocenters. The number of hydrogen-bond donors (Lipinski definition) is 3. The molecule has 8 heteroatoms. The average molecular weight is 367 g/mol. The maximum absolute atomic E-state index is 12.2. The van der Waals surface area contributed by atoms with Crippen LogP contribution < -0.4 is 10.6 Å². The number of imide groups is 1. The second-order valence-corrected chi connectivity index (χ2v) is 5.93. The van der Waals surface area contributed by atoms with Gasteiger partial charge in [-0.3, -0.25) is 14.5 Å². The lowest BCUT2D eigenvalue weighted by Gasteiger charge is -2.14. The van der Waals surface area contributed by atoms with E-state index < -0.39 is 12.0 Å². The van der Waals surface area contributed by atoms with Gasteiger partial charge in [-0.15, -0.1) is 0 Å². The lowest BCUT2D eigenvalue weighted by molar-refractivity contribution is 0.0649. The fourth-order valence-corrected chi connectivity index (χ4v) is 2.79. The van der Waals surface area contributed by atoms with E-state index in [1.807, 2.05) is 0 Å². The summed E-state index contributed by atoms with van der Waals surface area (Å²) in [5.74, 6) is -1.74. The lowest BCUT2D eigenvalue weighted by atomic mass is 10.1. The minimum atomic E-state index is -1.08. The van der Waals surface area contributed by atoms with E-state index in [0.717, 1.165) is 0 Å². The Labute approximate surface area is 154 Å². The second-order valence-electron chi connectivity index (χ2n) is 5.93. The maximum Gasteiger partial charge on any atom is 0.335 e. The summed E-state index contributed by atoms with van der Waals surface area (Å²) in [5.41, 5.74) is 1.21. The van der Waals surface area contributed by atoms with Gasteiger partial charge in [0.15, 0.2) is 0 Å². The summed E-state index contributed by atoms with van der Waals surface area (Å²) in [7, 11) is 0. The van der Waals surface area contributed by atoms with Gasteiger partial charge in [-0.05, 0) is 36.8 Å². The van der Waals surface area contributed by atoms with Gasteiger partial charge in [-0.1, -0.05) is 18.2 Å². The van der Waals surface area contributed by atoms with Crippen molar-refractivity contribution in [2.45, 2.75) is 6.42 Å². The lowest BCUT2D eigenvalue weighted by Crippen LogP contribution is -2.35. The molecule has 27 heavy (non-hydrogen) atoms. The van der Waals surface area contributed by atoms with E-state index in [9.17, 15) is 19.2 Å². The molecule has 0 spiro atoms. The number of aromatic carboxylic acids is 1. The molecule has 0 saturated heterocycles. The van der Waals surface area contributed by atoms with Crippen LogP contribution in [0.25, 0.3) is 0 Å². The van der Waals surface area contributed by atoms with Crippen molar-refractivity contribution in [3.8, 4) is 0 Å². The third-order valence-corrected chi connectivity index (χ3v) is 4.09. The summed E-state index contributed by atoms with van der Waals surface area (Å²) in [6.07, 6.45) is 0.397. The first kappa shape index (κ1) is 18.1. The number of rotatable bonds is 6. The molecule has 0 aromatic heterocycles. The van der Waals surface area contributed by atoms with Crippen LogP contribution in [0.5, 0.6) is 0 Å². The van der Waals surface area contributed by atoms with E-state index in [-0.39, 0.29) is 30.5 Å². The van der Waals surface area contributed by atoms with Gasteiger partial charge in [-0.2, -0.15) is 0 Å². The third-order valence-electron chi connectivity index (χ3n) is 4.09. The molecule has 3 N–H and O–H groups in total. The van der Waals surface area contributed by atoms with Crippen LogP contribution in [-0.2, 0) is 0 Å². The Morgan fingerprint density at radius 3 is 2.26 bits per heavy atom. The molecule has 0 unspecified atom stereocenters. The molecule has 2 aromatic carbocycles. The van der Waals surface area contributed by atoms with Crippen LogP contribution in [0.1, 0.15) is 37.5 Å². The molecule has 2 aromatic rings. The number of nitrogens with one attached hydrogen (secondary N) is 2. The van der Waals surface area contributed by atoms with Crippen molar-refractivity contribution >= 4 is 29.5 Å². The third kappa shape index (κ3) is 3.95. The molecule has 138 valence electrons. The highest BCUT2D eigenvalue weighted by atomic mass is 16.4. The Hall–Kier alpha value is -3.68. The molecule has 1 aliphatic heterocycles. The van der Waals surface area contributed by atoms with Crippen molar-refractivity contribution in [3.05, 3.63) is 65.2 Å². The Balaban J connectivity index is 1.46. The van der Waals surface area contributed by atoms with E-state index in [2.05, 4.69) is 10.6 Å². The van der Waals surface area contributed by atoms with Gasteiger partial charge < -0.3 is 15.7 Å². The monoisotopic (exact) mass is 367 g/mol. The highest BCUT2D eigenvalue weighted by molar-refractivity contribution is 6.21. The Bertz CT molecular complexity index is 890. The van der Waals surface area contributed by atoms with Crippen molar-refractivity contribution in [1.29, 1.82) is 0 Å². The number of benzene rings is 2. The van der Waals surface area contributed by atoms with E-state index in [4.69, 9.17) is 5.11 Å². The Kier molecular flexibility index (Phi) is 5.16. The van der Waals surface area contributed by atoms with Gasteiger partial charge in [-0.25, -0.2) is 9.59 Å². The van der Waals surface area contributed by atoms with Crippen molar-refractivity contribution < 1.29 is 24.3 Å². The number of anilines is 1. The average Bonchev–Trinajstić information content (AvgIpc) is 2.90. The molecule has 3 rings (SSSR count). The molecule has 0 fully saturated rings. The molecule has 8 nitrogen and oxygen atoms in total.